The van der Waals surface area contributed by atoms with Gasteiger partial charge in [-0.1, -0.05) is 19.8 Å². The van der Waals surface area contributed by atoms with Crippen LogP contribution in [0.5, 0.6) is 0 Å². The first kappa shape index (κ1) is 12.4. The number of carbonyl (C=O) groups excluding carboxylic acids is 2. The smallest absolute Gasteiger partial charge is 0.324 e. The van der Waals surface area contributed by atoms with Crippen molar-refractivity contribution in [3.63, 3.8) is 0 Å². The second-order valence-corrected chi connectivity index (χ2v) is 4.92. The summed E-state index contributed by atoms with van der Waals surface area (Å²) >= 11 is 0. The lowest BCUT2D eigenvalue weighted by Crippen LogP contribution is -2.54. The Labute approximate surface area is 101 Å². The maximum atomic E-state index is 11.5. The van der Waals surface area contributed by atoms with Crippen molar-refractivity contribution >= 4 is 11.9 Å². The number of amides is 3. The fourth-order valence-corrected chi connectivity index (χ4v) is 2.38. The number of nitrogens with one attached hydrogen (secondary N) is 1. The summed E-state index contributed by atoms with van der Waals surface area (Å²) in [6.07, 6.45) is 5.16. The normalized spacial score (nSPS) is 26.4. The summed E-state index contributed by atoms with van der Waals surface area (Å²) in [5.74, 6) is -0.304. The Morgan fingerprint density at radius 1 is 1.35 bits per heavy atom. The van der Waals surface area contributed by atoms with Gasteiger partial charge in [-0.3, -0.25) is 10.1 Å². The molecular weight excluding hydrogens is 220 g/mol. The summed E-state index contributed by atoms with van der Waals surface area (Å²) in [5, 5.41) is 2.35. The molecular formula is C12H20N2O3. The van der Waals surface area contributed by atoms with Gasteiger partial charge in [0.25, 0.3) is 0 Å². The van der Waals surface area contributed by atoms with Gasteiger partial charge in [0, 0.05) is 13.1 Å². The summed E-state index contributed by atoms with van der Waals surface area (Å²) in [5.41, 5.74) is 0. The molecule has 0 aromatic heterocycles. The number of ether oxygens (including phenoxy) is 1. The van der Waals surface area contributed by atoms with Gasteiger partial charge in [0.15, 0.2) is 0 Å². The lowest BCUT2D eigenvalue weighted by Gasteiger charge is -2.30. The second-order valence-electron chi connectivity index (χ2n) is 4.92. The van der Waals surface area contributed by atoms with Crippen LogP contribution < -0.4 is 5.32 Å². The van der Waals surface area contributed by atoms with Crippen LogP contribution >= 0.6 is 0 Å². The van der Waals surface area contributed by atoms with Crippen molar-refractivity contribution in [3.05, 3.63) is 0 Å². The molecule has 0 radical (unpaired) electrons. The van der Waals surface area contributed by atoms with Crippen molar-refractivity contribution in [2.24, 2.45) is 5.92 Å². The van der Waals surface area contributed by atoms with Crippen LogP contribution in [0.15, 0.2) is 0 Å². The molecule has 17 heavy (non-hydrogen) atoms. The van der Waals surface area contributed by atoms with Crippen molar-refractivity contribution < 1.29 is 14.3 Å². The number of hydrogen-bond acceptors (Lipinski definition) is 3. The van der Waals surface area contributed by atoms with Crippen molar-refractivity contribution in [1.82, 2.24) is 10.2 Å². The van der Waals surface area contributed by atoms with Crippen LogP contribution in [-0.4, -0.2) is 42.6 Å². The van der Waals surface area contributed by atoms with E-state index in [0.717, 1.165) is 12.8 Å². The first-order chi connectivity index (χ1) is 8.16. The lowest BCUT2D eigenvalue weighted by atomic mass is 10.1. The molecule has 1 heterocycles. The molecule has 1 saturated carbocycles. The summed E-state index contributed by atoms with van der Waals surface area (Å²) < 4.78 is 5.71. The van der Waals surface area contributed by atoms with E-state index in [1.807, 2.05) is 6.92 Å². The second kappa shape index (κ2) is 5.49. The fourth-order valence-electron chi connectivity index (χ4n) is 2.38. The number of hydrogen-bond donors (Lipinski definition) is 1. The average Bonchev–Trinajstić information content (AvgIpc) is 2.78. The van der Waals surface area contributed by atoms with E-state index >= 15 is 0 Å². The summed E-state index contributed by atoms with van der Waals surface area (Å²) in [4.78, 5) is 24.4. The largest absolute Gasteiger partial charge is 0.376 e. The molecule has 0 aromatic carbocycles. The first-order valence-electron chi connectivity index (χ1n) is 6.38. The Hall–Kier alpha value is -1.10. The van der Waals surface area contributed by atoms with E-state index in [4.69, 9.17) is 4.74 Å². The van der Waals surface area contributed by atoms with Crippen LogP contribution in [0.1, 0.15) is 32.6 Å². The van der Waals surface area contributed by atoms with E-state index in [-0.39, 0.29) is 17.9 Å². The molecule has 1 saturated heterocycles. The molecule has 1 aliphatic heterocycles. The van der Waals surface area contributed by atoms with Crippen molar-refractivity contribution in [3.8, 4) is 0 Å². The molecule has 1 N–H and O–H groups in total. The highest BCUT2D eigenvalue weighted by atomic mass is 16.5. The van der Waals surface area contributed by atoms with Crippen LogP contribution in [0.3, 0.4) is 0 Å². The highest BCUT2D eigenvalue weighted by Gasteiger charge is 2.28. The minimum atomic E-state index is -0.289. The van der Waals surface area contributed by atoms with Gasteiger partial charge in [-0.05, 0) is 12.8 Å². The maximum absolute atomic E-state index is 11.5. The van der Waals surface area contributed by atoms with E-state index in [1.54, 1.807) is 4.90 Å². The summed E-state index contributed by atoms with van der Waals surface area (Å²) in [6.45, 7) is 3.46. The molecule has 2 fully saturated rings. The average molecular weight is 240 g/mol. The summed E-state index contributed by atoms with van der Waals surface area (Å²) in [7, 11) is 0. The number of urea groups is 1. The van der Waals surface area contributed by atoms with Gasteiger partial charge in [-0.15, -0.1) is 0 Å². The molecule has 0 bridgehead atoms. The third-order valence-corrected chi connectivity index (χ3v) is 3.48. The third kappa shape index (κ3) is 3.19. The monoisotopic (exact) mass is 240 g/mol. The molecule has 2 rings (SSSR count). The fraction of sp³-hybridized carbons (Fsp3) is 0.833. The van der Waals surface area contributed by atoms with E-state index in [9.17, 15) is 9.59 Å². The zero-order valence-corrected chi connectivity index (χ0v) is 10.3. The number of carbonyl (C=O) groups is 2. The van der Waals surface area contributed by atoms with Gasteiger partial charge in [0.05, 0.1) is 18.6 Å². The zero-order chi connectivity index (χ0) is 12.3. The van der Waals surface area contributed by atoms with Gasteiger partial charge >= 0.3 is 6.03 Å². The molecule has 1 unspecified atom stereocenters. The van der Waals surface area contributed by atoms with E-state index < -0.39 is 0 Å². The number of nitrogens with zero attached hydrogens (tertiary/aromatic N) is 1. The Kier molecular flexibility index (Phi) is 3.99. The quantitative estimate of drug-likeness (QED) is 0.801. The molecule has 5 heteroatoms. The first-order valence-corrected chi connectivity index (χ1v) is 6.38. The Morgan fingerprint density at radius 3 is 2.76 bits per heavy atom. The highest BCUT2D eigenvalue weighted by Crippen LogP contribution is 2.20. The highest BCUT2D eigenvalue weighted by molar-refractivity contribution is 5.97. The number of rotatable bonds is 4. The molecule has 96 valence electrons. The predicted octanol–water partition coefficient (Wildman–Crippen LogP) is 1.13. The third-order valence-electron chi connectivity index (χ3n) is 3.48. The van der Waals surface area contributed by atoms with Crippen molar-refractivity contribution in [2.75, 3.05) is 19.7 Å². The molecule has 0 aromatic rings. The Morgan fingerprint density at radius 2 is 2.06 bits per heavy atom. The molecule has 0 spiro atoms. The topological polar surface area (TPSA) is 58.6 Å². The van der Waals surface area contributed by atoms with Gasteiger partial charge < -0.3 is 9.64 Å². The molecule has 1 aliphatic carbocycles. The standard InChI is InChI=1S/C12H20N2O3/c1-9-8-14(12(16)13-11(9)15)6-7-17-10-4-2-3-5-10/h9-10H,2-8H2,1H3,(H,13,15,16). The van der Waals surface area contributed by atoms with Crippen LogP contribution in [0.4, 0.5) is 4.79 Å². The maximum Gasteiger partial charge on any atom is 0.324 e. The van der Waals surface area contributed by atoms with E-state index in [0.29, 0.717) is 25.8 Å². The predicted molar refractivity (Wildman–Crippen MR) is 62.5 cm³/mol. The molecule has 1 atom stereocenters. The van der Waals surface area contributed by atoms with Crippen LogP contribution in [0, 0.1) is 5.92 Å². The molecule has 3 amide bonds. The van der Waals surface area contributed by atoms with E-state index in [1.165, 1.54) is 12.8 Å². The number of imide groups is 1. The van der Waals surface area contributed by atoms with Crippen LogP contribution in [0.25, 0.3) is 0 Å². The Balaban J connectivity index is 1.71. The zero-order valence-electron chi connectivity index (χ0n) is 10.3. The molecule has 2 aliphatic rings. The van der Waals surface area contributed by atoms with Gasteiger partial charge in [-0.25, -0.2) is 4.79 Å². The Bertz CT molecular complexity index is 300. The van der Waals surface area contributed by atoms with Gasteiger partial charge in [0.1, 0.15) is 0 Å². The summed E-state index contributed by atoms with van der Waals surface area (Å²) in [6, 6.07) is -0.289. The lowest BCUT2D eigenvalue weighted by molar-refractivity contribution is -0.125. The van der Waals surface area contributed by atoms with Gasteiger partial charge in [-0.2, -0.15) is 0 Å². The minimum Gasteiger partial charge on any atom is -0.376 e. The van der Waals surface area contributed by atoms with Crippen LogP contribution in [-0.2, 0) is 9.53 Å². The van der Waals surface area contributed by atoms with Crippen LogP contribution in [0.2, 0.25) is 0 Å². The SMILES string of the molecule is CC1CN(CCOC2CCCC2)C(=O)NC1=O. The van der Waals surface area contributed by atoms with E-state index in [2.05, 4.69) is 5.32 Å². The molecule has 5 nitrogen and oxygen atoms in total. The minimum absolute atomic E-state index is 0.126. The van der Waals surface area contributed by atoms with Crippen molar-refractivity contribution in [2.45, 2.75) is 38.7 Å². The van der Waals surface area contributed by atoms with Crippen molar-refractivity contribution in [1.29, 1.82) is 0 Å². The van der Waals surface area contributed by atoms with Gasteiger partial charge in [0.2, 0.25) is 5.91 Å².